The van der Waals surface area contributed by atoms with Crippen LogP contribution in [-0.2, 0) is 82.6 Å². The number of nitrogens with two attached hydrogens (primary N) is 1. The number of carbonyl (C=O) groups excluding carboxylic acids is 6. The summed E-state index contributed by atoms with van der Waals surface area (Å²) in [4.78, 5) is 83.0. The first kappa shape index (κ1) is 60.4. The van der Waals surface area contributed by atoms with Gasteiger partial charge >= 0.3 is 41.8 Å². The van der Waals surface area contributed by atoms with Crippen molar-refractivity contribution >= 4 is 41.8 Å². The maximum Gasteiger partial charge on any atom is 0.330 e. The van der Waals surface area contributed by atoms with Crippen LogP contribution in [0.1, 0.15) is 82.7 Å². The van der Waals surface area contributed by atoms with Crippen molar-refractivity contribution in [3.63, 3.8) is 0 Å². The highest BCUT2D eigenvalue weighted by atomic mass is 16.6. The third-order valence-corrected chi connectivity index (χ3v) is 7.77. The van der Waals surface area contributed by atoms with Crippen molar-refractivity contribution in [1.82, 2.24) is 9.97 Å². The van der Waals surface area contributed by atoms with Gasteiger partial charge in [0.15, 0.2) is 0 Å². The Morgan fingerprint density at radius 3 is 1.22 bits per heavy atom. The predicted octanol–water partition coefficient (Wildman–Crippen LogP) is 4.07. The van der Waals surface area contributed by atoms with Gasteiger partial charge in [0.05, 0.1) is 46.0 Å². The number of esters is 6. The quantitative estimate of drug-likeness (QED) is 0.0365. The number of imidazole rings is 1. The van der Waals surface area contributed by atoms with Crippen LogP contribution in [0.2, 0.25) is 0 Å². The first-order valence-corrected chi connectivity index (χ1v) is 21.1. The summed E-state index contributed by atoms with van der Waals surface area (Å²) in [6.07, 6.45) is 16.6. The van der Waals surface area contributed by atoms with Crippen molar-refractivity contribution in [3.8, 4) is 0 Å². The molecule has 20 heteroatoms. The molecule has 20 nitrogen and oxygen atoms in total. The molecule has 1 aromatic rings. The maximum absolute atomic E-state index is 11.5. The van der Waals surface area contributed by atoms with Gasteiger partial charge in [-0.1, -0.05) is 39.2 Å². The SMILES string of the molecule is C=CC(=O)OCCCCCC(=O)OCCOCCOC(=O)CCCCCOC(=O)C=C.C=CC(=O)OCCOCCCCCCOCCOC(=O)C=C.N[C@H](Cc1cnc[nH]1)C(=O)O. The summed E-state index contributed by atoms with van der Waals surface area (Å²) in [5, 5.41) is 8.42. The van der Waals surface area contributed by atoms with Crippen LogP contribution in [0.15, 0.2) is 63.1 Å². The molecule has 0 aliphatic carbocycles. The Labute approximate surface area is 375 Å². The van der Waals surface area contributed by atoms with Crippen molar-refractivity contribution in [2.45, 2.75) is 89.5 Å². The van der Waals surface area contributed by atoms with Gasteiger partial charge < -0.3 is 58.5 Å². The normalized spacial score (nSPS) is 10.5. The summed E-state index contributed by atoms with van der Waals surface area (Å²) in [6, 6.07) is -0.851. The molecule has 0 aliphatic heterocycles. The minimum Gasteiger partial charge on any atom is -0.480 e. The predicted molar refractivity (Wildman–Crippen MR) is 232 cm³/mol. The molecule has 0 aliphatic rings. The van der Waals surface area contributed by atoms with Crippen LogP contribution >= 0.6 is 0 Å². The zero-order chi connectivity index (χ0) is 47.9. The van der Waals surface area contributed by atoms with E-state index in [9.17, 15) is 33.6 Å². The van der Waals surface area contributed by atoms with E-state index in [0.29, 0.717) is 78.2 Å². The molecule has 0 spiro atoms. The third kappa shape index (κ3) is 44.4. The van der Waals surface area contributed by atoms with Gasteiger partial charge in [-0.15, -0.1) is 0 Å². The number of aromatic nitrogens is 2. The zero-order valence-corrected chi connectivity index (χ0v) is 37.1. The molecule has 362 valence electrons. The molecule has 0 fully saturated rings. The molecule has 0 bridgehead atoms. The van der Waals surface area contributed by atoms with Gasteiger partial charge in [0.25, 0.3) is 0 Å². The molecule has 1 atom stereocenters. The zero-order valence-electron chi connectivity index (χ0n) is 37.1. The largest absolute Gasteiger partial charge is 0.480 e. The van der Waals surface area contributed by atoms with Gasteiger partial charge in [0, 0.05) is 68.7 Å². The molecule has 0 saturated carbocycles. The van der Waals surface area contributed by atoms with Gasteiger partial charge in [-0.25, -0.2) is 24.2 Å². The number of aliphatic carboxylic acids is 1. The average molecular weight is 912 g/mol. The topological polar surface area (TPSA) is 277 Å². The highest BCUT2D eigenvalue weighted by Crippen LogP contribution is 2.04. The van der Waals surface area contributed by atoms with Crippen LogP contribution in [0, 0.1) is 0 Å². The van der Waals surface area contributed by atoms with E-state index in [1.807, 2.05) is 0 Å². The van der Waals surface area contributed by atoms with E-state index in [4.69, 9.17) is 53.5 Å². The fourth-order valence-electron chi connectivity index (χ4n) is 4.44. The lowest BCUT2D eigenvalue weighted by Gasteiger charge is -2.07. The third-order valence-electron chi connectivity index (χ3n) is 7.77. The van der Waals surface area contributed by atoms with E-state index in [-0.39, 0.29) is 58.0 Å². The van der Waals surface area contributed by atoms with Crippen molar-refractivity contribution in [1.29, 1.82) is 0 Å². The van der Waals surface area contributed by atoms with Gasteiger partial charge in [-0.2, -0.15) is 0 Å². The fraction of sp³-hybridized carbons (Fsp3) is 0.591. The first-order valence-electron chi connectivity index (χ1n) is 21.1. The molecule has 1 aromatic heterocycles. The van der Waals surface area contributed by atoms with Gasteiger partial charge in [-0.05, 0) is 51.4 Å². The van der Waals surface area contributed by atoms with Crippen LogP contribution in [0.25, 0.3) is 0 Å². The number of hydrogen-bond acceptors (Lipinski definition) is 18. The number of nitrogens with one attached hydrogen (secondary N) is 1. The monoisotopic (exact) mass is 911 g/mol. The fourth-order valence-corrected chi connectivity index (χ4v) is 4.44. The van der Waals surface area contributed by atoms with Crippen LogP contribution in [0.5, 0.6) is 0 Å². The number of unbranched alkanes of at least 4 members (excludes halogenated alkanes) is 7. The van der Waals surface area contributed by atoms with E-state index >= 15 is 0 Å². The summed E-state index contributed by atoms with van der Waals surface area (Å²) < 4.78 is 45.2. The summed E-state index contributed by atoms with van der Waals surface area (Å²) in [6.45, 7) is 17.2. The van der Waals surface area contributed by atoms with E-state index in [1.165, 1.54) is 6.33 Å². The number of nitrogens with zero attached hydrogens (tertiary/aromatic N) is 1. The lowest BCUT2D eigenvalue weighted by Crippen LogP contribution is -2.32. The number of carbonyl (C=O) groups is 7. The maximum atomic E-state index is 11.5. The van der Waals surface area contributed by atoms with E-state index < -0.39 is 35.9 Å². The number of carboxylic acid groups (broad SMARTS) is 1. The van der Waals surface area contributed by atoms with Crippen molar-refractivity contribution in [2.75, 3.05) is 79.3 Å². The van der Waals surface area contributed by atoms with Crippen molar-refractivity contribution in [3.05, 3.63) is 68.8 Å². The Bertz CT molecular complexity index is 1370. The second-order valence-electron chi connectivity index (χ2n) is 13.0. The molecule has 1 rings (SSSR count). The number of rotatable bonds is 38. The van der Waals surface area contributed by atoms with E-state index in [1.54, 1.807) is 6.20 Å². The molecule has 0 amide bonds. The molecule has 4 N–H and O–H groups in total. The molecule has 1 heterocycles. The molecule has 0 saturated heterocycles. The molecule has 0 aromatic carbocycles. The highest BCUT2D eigenvalue weighted by molar-refractivity contribution is 5.82. The number of aromatic amines is 1. The Kier molecular flexibility index (Phi) is 42.8. The Balaban J connectivity index is 0. The Hall–Kier alpha value is -5.70. The molecular weight excluding hydrogens is 842 g/mol. The number of hydrogen-bond donors (Lipinski definition) is 3. The van der Waals surface area contributed by atoms with Crippen molar-refractivity contribution in [2.24, 2.45) is 5.73 Å². The number of ether oxygens (including phenoxy) is 9. The van der Waals surface area contributed by atoms with Crippen LogP contribution in [0.3, 0.4) is 0 Å². The smallest absolute Gasteiger partial charge is 0.330 e. The summed E-state index contributed by atoms with van der Waals surface area (Å²) in [5.74, 6) is -3.37. The van der Waals surface area contributed by atoms with Crippen molar-refractivity contribution < 1.29 is 81.3 Å². The average Bonchev–Trinajstić information content (AvgIpc) is 3.81. The van der Waals surface area contributed by atoms with Gasteiger partial charge in [-0.3, -0.25) is 14.4 Å². The lowest BCUT2D eigenvalue weighted by molar-refractivity contribution is -0.147. The Morgan fingerprint density at radius 2 is 0.859 bits per heavy atom. The van der Waals surface area contributed by atoms with E-state index in [0.717, 1.165) is 68.5 Å². The second-order valence-corrected chi connectivity index (χ2v) is 13.0. The standard InChI is InChI=1S/C22H34O9.C16H26O6.C6H9N3O2/c1-3-19(23)28-13-9-5-7-11-21(25)30-17-15-27-16-18-31-22(26)12-8-6-10-14-29-20(24)4-2;1-3-15(17)21-13-11-19-9-7-5-6-8-10-20-12-14-22-16(18)4-2;7-5(6(10)11)1-4-2-8-3-9-4/h3-4H,1-2,5-18H2;3-4H,1-2,5-14H2;2-3,5H,1,7H2,(H,8,9)(H,10,11)/t;;5-/m..1/s1. The molecule has 64 heavy (non-hydrogen) atoms. The summed E-state index contributed by atoms with van der Waals surface area (Å²) >= 11 is 0. The van der Waals surface area contributed by atoms with Crippen LogP contribution in [-0.4, -0.2) is 142 Å². The minimum atomic E-state index is -1.00. The number of H-pyrrole nitrogens is 1. The van der Waals surface area contributed by atoms with Gasteiger partial charge in [0.1, 0.15) is 32.5 Å². The summed E-state index contributed by atoms with van der Waals surface area (Å²) in [7, 11) is 0. The highest BCUT2D eigenvalue weighted by Gasteiger charge is 2.12. The second kappa shape index (κ2) is 45.3. The van der Waals surface area contributed by atoms with Crippen LogP contribution in [0.4, 0.5) is 0 Å². The first-order chi connectivity index (χ1) is 30.9. The number of carboxylic acids is 1. The molecule has 0 unspecified atom stereocenters. The molecule has 0 radical (unpaired) electrons. The summed E-state index contributed by atoms with van der Waals surface area (Å²) in [5.41, 5.74) is 6.00. The molecular formula is C44H69N3O17. The Morgan fingerprint density at radius 1 is 0.516 bits per heavy atom. The lowest BCUT2D eigenvalue weighted by atomic mass is 10.2. The van der Waals surface area contributed by atoms with Gasteiger partial charge in [0.2, 0.25) is 0 Å². The minimum absolute atomic E-state index is 0.139. The van der Waals surface area contributed by atoms with E-state index in [2.05, 4.69) is 36.3 Å². The van der Waals surface area contributed by atoms with Crippen LogP contribution < -0.4 is 5.73 Å².